The van der Waals surface area contributed by atoms with Gasteiger partial charge in [-0.3, -0.25) is 14.8 Å². The van der Waals surface area contributed by atoms with Crippen molar-refractivity contribution in [2.24, 2.45) is 4.99 Å². The molecule has 1 N–H and O–H groups in total. The first-order chi connectivity index (χ1) is 15.6. The summed E-state index contributed by atoms with van der Waals surface area (Å²) in [6.07, 6.45) is 3.71. The number of nitrogens with one attached hydrogen (secondary N) is 1. The van der Waals surface area contributed by atoms with E-state index in [9.17, 15) is 9.18 Å². The third-order valence-corrected chi connectivity index (χ3v) is 5.09. The van der Waals surface area contributed by atoms with Crippen LogP contribution in [0.15, 0.2) is 66.4 Å². The minimum Gasteiger partial charge on any atom is -0.493 e. The Morgan fingerprint density at radius 3 is 2.88 bits per heavy atom. The highest BCUT2D eigenvalue weighted by Gasteiger charge is 2.21. The lowest BCUT2D eigenvalue weighted by molar-refractivity contribution is 0.0730. The molecule has 0 radical (unpaired) electrons. The number of carbonyl (C=O) groups excluding carboxylic acids is 1. The van der Waals surface area contributed by atoms with E-state index in [1.807, 2.05) is 6.07 Å². The van der Waals surface area contributed by atoms with Crippen molar-refractivity contribution in [2.45, 2.75) is 19.9 Å². The number of ether oxygens (including phenoxy) is 1. The number of benzene rings is 2. The van der Waals surface area contributed by atoms with E-state index in [0.29, 0.717) is 35.7 Å². The van der Waals surface area contributed by atoms with E-state index in [0.717, 1.165) is 5.56 Å². The molecule has 1 aliphatic heterocycles. The lowest BCUT2D eigenvalue weighted by atomic mass is 10.0. The fraction of sp³-hybridized carbons (Fsp3) is 0.217. The average Bonchev–Trinajstić information content (AvgIpc) is 3.46. The van der Waals surface area contributed by atoms with Gasteiger partial charge in [-0.15, -0.1) is 16.8 Å². The van der Waals surface area contributed by atoms with Gasteiger partial charge in [-0.2, -0.15) is 0 Å². The number of hydrazine groups is 1. The molecule has 2 heterocycles. The third kappa shape index (κ3) is 4.36. The first-order valence-electron chi connectivity index (χ1n) is 10.2. The summed E-state index contributed by atoms with van der Waals surface area (Å²) in [5.41, 5.74) is 4.83. The molecule has 3 aromatic rings. The highest BCUT2D eigenvalue weighted by molar-refractivity contribution is 5.96. The highest BCUT2D eigenvalue weighted by atomic mass is 19.1. The highest BCUT2D eigenvalue weighted by Crippen LogP contribution is 2.30. The standard InChI is InChI=1S/C23H23FN6O2/c1-3-12-30(22(31)17-7-5-4-6-8-17)28-23(29-15-26-27-16(29)2)25-14-19-18-11-13-32-21(18)10-9-20(19)24/h3-10,15H,1,11-14H2,2H3,(H,25,28). The van der Waals surface area contributed by atoms with Gasteiger partial charge >= 0.3 is 0 Å². The largest absolute Gasteiger partial charge is 0.493 e. The van der Waals surface area contributed by atoms with Crippen LogP contribution in [0.5, 0.6) is 5.75 Å². The number of amides is 1. The van der Waals surface area contributed by atoms with Crippen LogP contribution >= 0.6 is 0 Å². The van der Waals surface area contributed by atoms with E-state index in [2.05, 4.69) is 27.2 Å². The van der Waals surface area contributed by atoms with Crippen LogP contribution in [0.25, 0.3) is 0 Å². The molecule has 164 valence electrons. The molecule has 0 unspecified atom stereocenters. The molecule has 4 rings (SSSR count). The minimum atomic E-state index is -0.346. The first kappa shape index (κ1) is 21.2. The monoisotopic (exact) mass is 434 g/mol. The van der Waals surface area contributed by atoms with Crippen molar-refractivity contribution < 1.29 is 13.9 Å². The van der Waals surface area contributed by atoms with Gasteiger partial charge in [0.15, 0.2) is 0 Å². The number of rotatable bonds is 5. The predicted octanol–water partition coefficient (Wildman–Crippen LogP) is 2.90. The summed E-state index contributed by atoms with van der Waals surface area (Å²) in [5, 5.41) is 9.29. The number of carbonyl (C=O) groups is 1. The number of nitrogens with zero attached hydrogens (tertiary/aromatic N) is 5. The molecular formula is C23H23FN6O2. The van der Waals surface area contributed by atoms with Gasteiger partial charge in [-0.05, 0) is 31.2 Å². The quantitative estimate of drug-likeness (QED) is 0.289. The summed E-state index contributed by atoms with van der Waals surface area (Å²) >= 11 is 0. The Bertz CT molecular complexity index is 1160. The van der Waals surface area contributed by atoms with Gasteiger partial charge in [-0.1, -0.05) is 24.3 Å². The molecule has 1 aromatic heterocycles. The van der Waals surface area contributed by atoms with Crippen molar-refractivity contribution >= 4 is 11.9 Å². The van der Waals surface area contributed by atoms with E-state index in [4.69, 9.17) is 4.74 Å². The Labute approximate surface area is 185 Å². The van der Waals surface area contributed by atoms with E-state index in [-0.39, 0.29) is 30.8 Å². The fourth-order valence-corrected chi connectivity index (χ4v) is 3.47. The van der Waals surface area contributed by atoms with Gasteiger partial charge < -0.3 is 4.74 Å². The number of fused-ring (bicyclic) bond motifs is 1. The summed E-state index contributed by atoms with van der Waals surface area (Å²) in [7, 11) is 0. The number of halogens is 1. The van der Waals surface area contributed by atoms with Crippen molar-refractivity contribution in [3.8, 4) is 5.75 Å². The van der Waals surface area contributed by atoms with Crippen LogP contribution < -0.4 is 10.2 Å². The molecule has 0 spiro atoms. The van der Waals surface area contributed by atoms with Gasteiger partial charge in [0.25, 0.3) is 5.91 Å². The van der Waals surface area contributed by atoms with Crippen LogP contribution in [0.1, 0.15) is 27.3 Å². The number of hydrogen-bond acceptors (Lipinski definition) is 5. The van der Waals surface area contributed by atoms with Gasteiger partial charge in [-0.25, -0.2) is 14.4 Å². The second-order valence-electron chi connectivity index (χ2n) is 7.17. The van der Waals surface area contributed by atoms with Crippen LogP contribution in [0, 0.1) is 12.7 Å². The zero-order valence-corrected chi connectivity index (χ0v) is 17.7. The molecule has 8 nitrogen and oxygen atoms in total. The first-order valence-corrected chi connectivity index (χ1v) is 10.2. The van der Waals surface area contributed by atoms with Crippen molar-refractivity contribution in [3.63, 3.8) is 0 Å². The number of aromatic nitrogens is 3. The van der Waals surface area contributed by atoms with Crippen LogP contribution in [-0.2, 0) is 13.0 Å². The molecule has 1 aliphatic rings. The topological polar surface area (TPSA) is 84.6 Å². The van der Waals surface area contributed by atoms with E-state index in [1.54, 1.807) is 47.9 Å². The van der Waals surface area contributed by atoms with Gasteiger partial charge in [0, 0.05) is 23.1 Å². The summed E-state index contributed by atoms with van der Waals surface area (Å²) in [6, 6.07) is 11.9. The van der Waals surface area contributed by atoms with Gasteiger partial charge in [0.05, 0.1) is 19.7 Å². The Morgan fingerprint density at radius 2 is 2.16 bits per heavy atom. The molecule has 2 aromatic carbocycles. The molecule has 0 saturated carbocycles. The molecular weight excluding hydrogens is 411 g/mol. The molecule has 0 saturated heterocycles. The number of hydrogen-bond donors (Lipinski definition) is 1. The average molecular weight is 434 g/mol. The number of aryl methyl sites for hydroxylation is 1. The van der Waals surface area contributed by atoms with Crippen LogP contribution in [0.3, 0.4) is 0 Å². The smallest absolute Gasteiger partial charge is 0.272 e. The normalized spacial score (nSPS) is 12.8. The van der Waals surface area contributed by atoms with E-state index in [1.165, 1.54) is 17.4 Å². The van der Waals surface area contributed by atoms with Crippen LogP contribution in [-0.4, -0.2) is 44.8 Å². The Hall–Kier alpha value is -4.01. The van der Waals surface area contributed by atoms with Crippen LogP contribution in [0.2, 0.25) is 0 Å². The fourth-order valence-electron chi connectivity index (χ4n) is 3.47. The number of aliphatic imine (C=N–C) groups is 1. The Kier molecular flexibility index (Phi) is 6.25. The summed E-state index contributed by atoms with van der Waals surface area (Å²) < 4.78 is 21.7. The molecule has 0 fully saturated rings. The minimum absolute atomic E-state index is 0.0553. The Balaban J connectivity index is 1.67. The second-order valence-corrected chi connectivity index (χ2v) is 7.17. The maximum absolute atomic E-state index is 14.6. The summed E-state index contributed by atoms with van der Waals surface area (Å²) in [4.78, 5) is 17.6. The lowest BCUT2D eigenvalue weighted by Gasteiger charge is -2.24. The summed E-state index contributed by atoms with van der Waals surface area (Å²) in [5.74, 6) is 0.919. The van der Waals surface area contributed by atoms with E-state index >= 15 is 0 Å². The third-order valence-electron chi connectivity index (χ3n) is 5.09. The van der Waals surface area contributed by atoms with E-state index < -0.39 is 0 Å². The maximum atomic E-state index is 14.6. The zero-order valence-electron chi connectivity index (χ0n) is 17.7. The lowest BCUT2D eigenvalue weighted by Crippen LogP contribution is -2.48. The van der Waals surface area contributed by atoms with Gasteiger partial charge in [0.1, 0.15) is 23.7 Å². The molecule has 9 heteroatoms. The van der Waals surface area contributed by atoms with Crippen molar-refractivity contribution in [2.75, 3.05) is 13.2 Å². The van der Waals surface area contributed by atoms with Crippen molar-refractivity contribution in [1.82, 2.24) is 25.2 Å². The molecule has 32 heavy (non-hydrogen) atoms. The van der Waals surface area contributed by atoms with Crippen LogP contribution in [0.4, 0.5) is 4.39 Å². The molecule has 0 atom stereocenters. The Morgan fingerprint density at radius 1 is 1.34 bits per heavy atom. The predicted molar refractivity (Wildman–Crippen MR) is 118 cm³/mol. The SMILES string of the molecule is C=CCN(NC(=NCc1c(F)ccc2c1CCO2)n1cnnc1C)C(=O)c1ccccc1. The van der Waals surface area contributed by atoms with Crippen molar-refractivity contribution in [3.05, 3.63) is 89.8 Å². The molecule has 0 aliphatic carbocycles. The van der Waals surface area contributed by atoms with Gasteiger partial charge in [0.2, 0.25) is 5.96 Å². The molecule has 1 amide bonds. The second kappa shape index (κ2) is 9.42. The summed E-state index contributed by atoms with van der Waals surface area (Å²) in [6.45, 7) is 6.29. The molecule has 0 bridgehead atoms. The van der Waals surface area contributed by atoms with Crippen molar-refractivity contribution in [1.29, 1.82) is 0 Å². The maximum Gasteiger partial charge on any atom is 0.272 e. The zero-order chi connectivity index (χ0) is 22.5.